The summed E-state index contributed by atoms with van der Waals surface area (Å²) < 4.78 is 22.5. The third-order valence-corrected chi connectivity index (χ3v) is 13.2. The van der Waals surface area contributed by atoms with E-state index in [4.69, 9.17) is 18.9 Å². The molecule has 0 amide bonds. The lowest BCUT2D eigenvalue weighted by Gasteiger charge is -2.69. The third-order valence-electron chi connectivity index (χ3n) is 13.2. The van der Waals surface area contributed by atoms with Crippen LogP contribution in [0.4, 0.5) is 0 Å². The molecule has 4 N–H and O–H groups in total. The van der Waals surface area contributed by atoms with E-state index in [0.29, 0.717) is 24.2 Å². The summed E-state index contributed by atoms with van der Waals surface area (Å²) in [6, 6.07) is 1.65. The van der Waals surface area contributed by atoms with Crippen LogP contribution < -0.4 is 9.47 Å². The summed E-state index contributed by atoms with van der Waals surface area (Å²) in [5, 5.41) is 41.2. The van der Waals surface area contributed by atoms with Crippen LogP contribution in [0.3, 0.4) is 0 Å². The smallest absolute Gasteiger partial charge is 0.342 e. The Labute approximate surface area is 275 Å². The fourth-order valence-electron chi connectivity index (χ4n) is 10.1. The highest BCUT2D eigenvalue weighted by Crippen LogP contribution is 2.73. The van der Waals surface area contributed by atoms with Gasteiger partial charge in [0.1, 0.15) is 35.8 Å². The van der Waals surface area contributed by atoms with E-state index < -0.39 is 48.7 Å². The standard InChI is InChI=1S/C36H48O11/c1-17-12-23-33(2,15-20(17)39)8-10-36(5)24-14-19(38)25-18(34(24,3)9-11-35(23,36)4)13-21(30(44-6)26(25)31(43)45-7)46-32-29(42)28(41)27(40)22(16-37)47-32/h13-14,17,22-23,27-29,32,37,40-42H,8-12,15-16H2,1-7H3/t17-,22-,23-,27-,28+,29-,32-,33+,34+,35+,36-/m1/s1. The van der Waals surface area contributed by atoms with E-state index in [9.17, 15) is 34.8 Å². The number of fused-ring (bicyclic) bond motifs is 7. The molecule has 0 radical (unpaired) electrons. The molecule has 4 fully saturated rings. The lowest BCUT2D eigenvalue weighted by Crippen LogP contribution is -2.62. The molecule has 1 aliphatic heterocycles. The van der Waals surface area contributed by atoms with Crippen molar-refractivity contribution >= 4 is 17.5 Å². The van der Waals surface area contributed by atoms with Gasteiger partial charge in [0.25, 0.3) is 0 Å². The first-order valence-electron chi connectivity index (χ1n) is 16.6. The number of ketones is 2. The van der Waals surface area contributed by atoms with E-state index in [2.05, 4.69) is 27.7 Å². The number of benzene rings is 1. The van der Waals surface area contributed by atoms with Crippen molar-refractivity contribution in [2.45, 2.75) is 109 Å². The minimum Gasteiger partial charge on any atom is -0.492 e. The Morgan fingerprint density at radius 1 is 1.00 bits per heavy atom. The van der Waals surface area contributed by atoms with Gasteiger partial charge >= 0.3 is 5.97 Å². The highest BCUT2D eigenvalue weighted by Gasteiger charge is 2.66. The van der Waals surface area contributed by atoms with E-state index in [1.165, 1.54) is 14.2 Å². The predicted octanol–water partition coefficient (Wildman–Crippen LogP) is 3.26. The molecule has 1 heterocycles. The average Bonchev–Trinajstić information content (AvgIpc) is 3.04. The van der Waals surface area contributed by atoms with Crippen molar-refractivity contribution in [2.75, 3.05) is 20.8 Å². The normalized spacial score (nSPS) is 42.7. The van der Waals surface area contributed by atoms with Gasteiger partial charge in [0.05, 0.1) is 20.8 Å². The molecule has 6 rings (SSSR count). The molecule has 4 aliphatic carbocycles. The number of Topliss-reactive ketones (excluding diaryl/α,β-unsaturated/α-hetero) is 1. The summed E-state index contributed by atoms with van der Waals surface area (Å²) in [5.41, 5.74) is 0.193. The van der Waals surface area contributed by atoms with Crippen molar-refractivity contribution in [1.29, 1.82) is 0 Å². The van der Waals surface area contributed by atoms with Crippen LogP contribution in [-0.2, 0) is 19.7 Å². The second-order valence-corrected chi connectivity index (χ2v) is 15.5. The van der Waals surface area contributed by atoms with Gasteiger partial charge in [-0.2, -0.15) is 0 Å². The number of hydrogen-bond acceptors (Lipinski definition) is 11. The van der Waals surface area contributed by atoms with E-state index in [1.54, 1.807) is 12.1 Å². The molecule has 47 heavy (non-hydrogen) atoms. The van der Waals surface area contributed by atoms with Crippen LogP contribution in [-0.4, -0.2) is 89.5 Å². The van der Waals surface area contributed by atoms with Gasteiger partial charge in [-0.25, -0.2) is 4.79 Å². The van der Waals surface area contributed by atoms with Gasteiger partial charge in [0.15, 0.2) is 17.3 Å². The maximum atomic E-state index is 14.3. The Balaban J connectivity index is 1.49. The molecule has 5 aliphatic rings. The zero-order valence-electron chi connectivity index (χ0n) is 28.3. The maximum absolute atomic E-state index is 14.3. The van der Waals surface area contributed by atoms with Gasteiger partial charge in [0, 0.05) is 23.3 Å². The number of methoxy groups -OCH3 is 2. The number of carbonyl (C=O) groups excluding carboxylic acids is 3. The first-order chi connectivity index (χ1) is 22.0. The van der Waals surface area contributed by atoms with E-state index >= 15 is 0 Å². The second kappa shape index (κ2) is 11.4. The number of allylic oxidation sites excluding steroid dienone is 2. The number of rotatable bonds is 5. The monoisotopic (exact) mass is 656 g/mol. The first-order valence-corrected chi connectivity index (χ1v) is 16.6. The summed E-state index contributed by atoms with van der Waals surface area (Å²) in [5.74, 6) is -0.698. The van der Waals surface area contributed by atoms with Crippen molar-refractivity contribution in [3.8, 4) is 11.5 Å². The summed E-state index contributed by atoms with van der Waals surface area (Å²) >= 11 is 0. The largest absolute Gasteiger partial charge is 0.492 e. The van der Waals surface area contributed by atoms with Gasteiger partial charge in [-0.15, -0.1) is 0 Å². The van der Waals surface area contributed by atoms with E-state index in [-0.39, 0.29) is 56.5 Å². The summed E-state index contributed by atoms with van der Waals surface area (Å²) in [6.07, 6.45) is -1.51. The number of carbonyl (C=O) groups is 3. The van der Waals surface area contributed by atoms with Crippen LogP contribution in [0.5, 0.6) is 11.5 Å². The molecule has 0 unspecified atom stereocenters. The second-order valence-electron chi connectivity index (χ2n) is 15.5. The zero-order chi connectivity index (χ0) is 34.4. The molecular weight excluding hydrogens is 608 g/mol. The van der Waals surface area contributed by atoms with Gasteiger partial charge in [0.2, 0.25) is 6.29 Å². The molecule has 0 aromatic heterocycles. The molecule has 11 atom stereocenters. The Kier molecular flexibility index (Phi) is 8.24. The quantitative estimate of drug-likeness (QED) is 0.343. The fraction of sp³-hybridized carbons (Fsp3) is 0.694. The topological polar surface area (TPSA) is 169 Å². The molecule has 1 aromatic rings. The minimum absolute atomic E-state index is 0.0135. The van der Waals surface area contributed by atoms with E-state index in [0.717, 1.165) is 31.3 Å². The Hall–Kier alpha value is -2.83. The molecular formula is C36H48O11. The molecule has 11 heteroatoms. The highest BCUT2D eigenvalue weighted by molar-refractivity contribution is 6.16. The van der Waals surface area contributed by atoms with E-state index in [1.807, 2.05) is 6.92 Å². The van der Waals surface area contributed by atoms with Gasteiger partial charge in [-0.05, 0) is 77.5 Å². The Bertz CT molecular complexity index is 1530. The maximum Gasteiger partial charge on any atom is 0.342 e. The summed E-state index contributed by atoms with van der Waals surface area (Å²) in [7, 11) is 2.52. The Morgan fingerprint density at radius 3 is 2.34 bits per heavy atom. The molecule has 1 saturated heterocycles. The van der Waals surface area contributed by atoms with Crippen molar-refractivity contribution in [3.63, 3.8) is 0 Å². The molecule has 11 nitrogen and oxygen atoms in total. The van der Waals surface area contributed by atoms with Crippen LogP contribution in [0.1, 0.15) is 99.4 Å². The van der Waals surface area contributed by atoms with Crippen LogP contribution in [0.2, 0.25) is 0 Å². The lowest BCUT2D eigenvalue weighted by molar-refractivity contribution is -0.277. The molecule has 0 bridgehead atoms. The average molecular weight is 657 g/mol. The molecule has 258 valence electrons. The van der Waals surface area contributed by atoms with Crippen molar-refractivity contribution in [2.24, 2.45) is 28.1 Å². The predicted molar refractivity (Wildman–Crippen MR) is 168 cm³/mol. The van der Waals surface area contributed by atoms with Crippen LogP contribution in [0.15, 0.2) is 17.7 Å². The SMILES string of the molecule is COC(=O)c1c(OC)c(O[C@@H]2O[C@H](CO)[C@@H](O)[C@H](O)[C@H]2O)cc2c1C(=O)C=C1[C@@]2(C)CC[C@@]2(C)[C@@H]3C[C@@H](C)C(=O)C[C@]3(C)CC[C@]12C. The molecule has 3 saturated carbocycles. The number of ether oxygens (including phenoxy) is 4. The number of aliphatic hydroxyl groups is 4. The molecule has 0 spiro atoms. The van der Waals surface area contributed by atoms with Gasteiger partial charge < -0.3 is 39.4 Å². The number of hydrogen-bond donors (Lipinski definition) is 4. The van der Waals surface area contributed by atoms with Gasteiger partial charge in [-0.3, -0.25) is 9.59 Å². The van der Waals surface area contributed by atoms with Crippen LogP contribution in [0.25, 0.3) is 0 Å². The first kappa shape index (κ1) is 34.0. The zero-order valence-corrected chi connectivity index (χ0v) is 28.3. The minimum atomic E-state index is -1.71. The highest BCUT2D eigenvalue weighted by atomic mass is 16.7. The van der Waals surface area contributed by atoms with Crippen molar-refractivity contribution < 1.29 is 53.8 Å². The fourth-order valence-corrected chi connectivity index (χ4v) is 10.1. The number of aliphatic hydroxyl groups excluding tert-OH is 4. The van der Waals surface area contributed by atoms with Crippen LogP contribution >= 0.6 is 0 Å². The number of esters is 1. The molecule has 1 aromatic carbocycles. The third kappa shape index (κ3) is 4.67. The van der Waals surface area contributed by atoms with Gasteiger partial charge in [-0.1, -0.05) is 34.6 Å². The van der Waals surface area contributed by atoms with Crippen molar-refractivity contribution in [3.05, 3.63) is 34.4 Å². The van der Waals surface area contributed by atoms with Crippen molar-refractivity contribution in [1.82, 2.24) is 0 Å². The summed E-state index contributed by atoms with van der Waals surface area (Å²) in [6.45, 7) is 10.3. The Morgan fingerprint density at radius 2 is 1.70 bits per heavy atom. The summed E-state index contributed by atoms with van der Waals surface area (Å²) in [4.78, 5) is 40.6. The van der Waals surface area contributed by atoms with Crippen LogP contribution in [0, 0.1) is 28.1 Å². The lowest BCUT2D eigenvalue weighted by atomic mass is 9.35.